The van der Waals surface area contributed by atoms with Crippen LogP contribution in [0, 0.1) is 48.2 Å². The van der Waals surface area contributed by atoms with Crippen LogP contribution in [-0.2, 0) is 23.5 Å². The summed E-state index contributed by atoms with van der Waals surface area (Å²) < 4.78 is 33.3. The summed E-state index contributed by atoms with van der Waals surface area (Å²) in [6, 6.07) is 13.7. The van der Waals surface area contributed by atoms with Crippen LogP contribution in [0.5, 0.6) is 5.75 Å². The average molecular weight is 747 g/mol. The molecule has 0 bridgehead atoms. The van der Waals surface area contributed by atoms with Crippen molar-refractivity contribution in [3.63, 3.8) is 0 Å². The Morgan fingerprint density at radius 3 is 1.73 bits per heavy atom. The molecule has 1 aliphatic heterocycles. The topological polar surface area (TPSA) is 53.1 Å². The normalized spacial score (nSPS) is 13.2. The predicted molar refractivity (Wildman–Crippen MR) is 184 cm³/mol. The van der Waals surface area contributed by atoms with E-state index in [1.807, 2.05) is 6.92 Å². The molecule has 0 aromatic heterocycles. The van der Waals surface area contributed by atoms with Crippen LogP contribution >= 0.6 is 19.4 Å². The minimum absolute atomic E-state index is 0.214. The number of ether oxygens (including phenoxy) is 1. The van der Waals surface area contributed by atoms with E-state index in [9.17, 15) is 8.42 Å². The van der Waals surface area contributed by atoms with Gasteiger partial charge in [0.1, 0.15) is 0 Å². The van der Waals surface area contributed by atoms with Gasteiger partial charge in [0.05, 0.1) is 0 Å². The van der Waals surface area contributed by atoms with E-state index in [0.717, 1.165) is 6.42 Å². The molecule has 1 heterocycles. The molecule has 44 heavy (non-hydrogen) atoms. The number of aryl methyl sites for hydroxylation is 6. The summed E-state index contributed by atoms with van der Waals surface area (Å²) in [6.07, 6.45) is 5.15. The maximum absolute atomic E-state index is 12.3. The van der Waals surface area contributed by atoms with Gasteiger partial charge in [0, 0.05) is 11.4 Å². The molecule has 6 nitrogen and oxygen atoms in total. The van der Waals surface area contributed by atoms with Gasteiger partial charge < -0.3 is 9.80 Å². The second-order valence-corrected chi connectivity index (χ2v) is 18.8. The number of hydrogen-bond donors (Lipinski definition) is 0. The van der Waals surface area contributed by atoms with Crippen LogP contribution in [-0.4, -0.2) is 37.5 Å². The van der Waals surface area contributed by atoms with Crippen molar-refractivity contribution < 1.29 is 26.7 Å². The van der Waals surface area contributed by atoms with Crippen molar-refractivity contribution >= 4 is 45.4 Å². The first-order valence-electron chi connectivity index (χ1n) is 14.5. The van der Waals surface area contributed by atoms with E-state index in [2.05, 4.69) is 94.7 Å². The molecule has 0 saturated heterocycles. The molecule has 10 heteroatoms. The number of hydrogen-bond acceptors (Lipinski definition) is 5. The SMILES string of the molecule is CCCOc1ccc(S(=O)(=O)N(C)CC)cc1[CH]=[Ru]([Cl])[Cl].Cc1cc(C)c(N2C=CN(c3c(C)cc(C)cc3C)[CH-]2)c(C)c1. The minimum Gasteiger partial charge on any atom is -0.479 e. The Kier molecular flexibility index (Phi) is 13.1. The standard InChI is InChI=1S/C21H25N2.C13H19NO3S.2ClH.Ru/c1-14-9-16(3)20(17(4)10-14)22-7-8-23(13-22)21-18(5)11-15(2)12-19(21)6;1-5-9-17-13-8-7-12(10-11(13)3)18(15,16)14(4)6-2;;;/h7-13H,1-6H3;3,7-8,10H,5-6,9H2,1-2,4H3;2*1H;/q-1;;;;+2/p-2. The van der Waals surface area contributed by atoms with Crippen LogP contribution in [0.4, 0.5) is 11.4 Å². The summed E-state index contributed by atoms with van der Waals surface area (Å²) in [5.74, 6) is 0.606. The Balaban J connectivity index is 0.000000242. The zero-order chi connectivity index (χ0) is 32.8. The van der Waals surface area contributed by atoms with E-state index in [4.69, 9.17) is 24.1 Å². The number of anilines is 2. The first kappa shape index (κ1) is 36.3. The van der Waals surface area contributed by atoms with Gasteiger partial charge in [-0.05, 0) is 76.2 Å². The van der Waals surface area contributed by atoms with Crippen molar-refractivity contribution in [2.75, 3.05) is 30.0 Å². The quantitative estimate of drug-likeness (QED) is 0.162. The molecule has 0 unspecified atom stereocenters. The molecule has 0 radical (unpaired) electrons. The maximum Gasteiger partial charge on any atom is 0.0184 e. The fourth-order valence-electron chi connectivity index (χ4n) is 5.32. The van der Waals surface area contributed by atoms with Crippen LogP contribution < -0.4 is 14.5 Å². The smallest absolute Gasteiger partial charge is 0.0184 e. The van der Waals surface area contributed by atoms with Gasteiger partial charge in [0.25, 0.3) is 0 Å². The van der Waals surface area contributed by atoms with Crippen LogP contribution in [0.2, 0.25) is 0 Å². The Labute approximate surface area is 277 Å². The van der Waals surface area contributed by atoms with Crippen LogP contribution in [0.3, 0.4) is 0 Å². The maximum atomic E-state index is 12.3. The third-order valence-electron chi connectivity index (χ3n) is 7.21. The summed E-state index contributed by atoms with van der Waals surface area (Å²) in [5.41, 5.74) is 11.0. The number of halogens is 2. The summed E-state index contributed by atoms with van der Waals surface area (Å²) in [7, 11) is 9.87. The number of sulfonamides is 1. The molecule has 0 N–H and O–H groups in total. The van der Waals surface area contributed by atoms with Gasteiger partial charge >= 0.3 is 140 Å². The Morgan fingerprint density at radius 1 is 0.841 bits per heavy atom. The molecule has 0 aliphatic carbocycles. The Hall–Kier alpha value is -2.22. The third kappa shape index (κ3) is 8.95. The van der Waals surface area contributed by atoms with Gasteiger partial charge in [0.2, 0.25) is 0 Å². The number of benzene rings is 3. The van der Waals surface area contributed by atoms with Crippen LogP contribution in [0.25, 0.3) is 0 Å². The predicted octanol–water partition coefficient (Wildman–Crippen LogP) is 8.65. The number of rotatable bonds is 9. The van der Waals surface area contributed by atoms with E-state index in [1.54, 1.807) is 36.8 Å². The minimum atomic E-state index is -3.50. The monoisotopic (exact) mass is 746 g/mol. The van der Waals surface area contributed by atoms with Crippen molar-refractivity contribution in [3.8, 4) is 5.75 Å². The van der Waals surface area contributed by atoms with E-state index < -0.39 is 23.5 Å². The van der Waals surface area contributed by atoms with Crippen LogP contribution in [0.1, 0.15) is 59.2 Å². The largest absolute Gasteiger partial charge is 0.479 e. The second-order valence-electron chi connectivity index (χ2n) is 11.0. The molecule has 0 atom stereocenters. The van der Waals surface area contributed by atoms with Gasteiger partial charge in [-0.15, -0.1) is 6.67 Å². The van der Waals surface area contributed by atoms with Gasteiger partial charge in [-0.25, -0.2) is 0 Å². The van der Waals surface area contributed by atoms with Crippen molar-refractivity contribution in [3.05, 3.63) is 100 Å². The van der Waals surface area contributed by atoms with Crippen molar-refractivity contribution in [2.45, 2.75) is 66.7 Å². The molecular weight excluding hydrogens is 702 g/mol. The molecule has 242 valence electrons. The first-order chi connectivity index (χ1) is 20.7. The fourth-order valence-corrected chi connectivity index (χ4v) is 8.32. The van der Waals surface area contributed by atoms with E-state index in [0.29, 0.717) is 24.5 Å². The van der Waals surface area contributed by atoms with Crippen molar-refractivity contribution in [2.24, 2.45) is 0 Å². The average Bonchev–Trinajstić information content (AvgIpc) is 3.39. The first-order valence-corrected chi connectivity index (χ1v) is 21.4. The fraction of sp³-hybridized carbons (Fsp3) is 0.353. The summed E-state index contributed by atoms with van der Waals surface area (Å²) in [4.78, 5) is 4.66. The molecule has 3 aromatic carbocycles. The Morgan fingerprint density at radius 2 is 1.32 bits per heavy atom. The van der Waals surface area contributed by atoms with E-state index in [-0.39, 0.29) is 4.90 Å². The zero-order valence-corrected chi connectivity index (χ0v) is 31.1. The molecule has 3 aromatic rings. The molecule has 0 amide bonds. The van der Waals surface area contributed by atoms with Crippen molar-refractivity contribution in [1.29, 1.82) is 0 Å². The molecule has 4 rings (SSSR count). The van der Waals surface area contributed by atoms with E-state index in [1.165, 1.54) is 49.1 Å². The molecule has 0 saturated carbocycles. The number of nitrogens with zero attached hydrogens (tertiary/aromatic N) is 3. The summed E-state index contributed by atoms with van der Waals surface area (Å²) in [6.45, 7) is 19.9. The van der Waals surface area contributed by atoms with Gasteiger partial charge in [-0.1, -0.05) is 35.4 Å². The second kappa shape index (κ2) is 15.9. The Bertz CT molecular complexity index is 1540. The zero-order valence-electron chi connectivity index (χ0n) is 27.1. The molecule has 0 fully saturated rings. The van der Waals surface area contributed by atoms with Crippen LogP contribution in [0.15, 0.2) is 59.8 Å². The molecular formula is C34H44Cl2N3O3RuS-. The summed E-state index contributed by atoms with van der Waals surface area (Å²) >= 11 is -2.08. The summed E-state index contributed by atoms with van der Waals surface area (Å²) in [5, 5.41) is 0. The van der Waals surface area contributed by atoms with Gasteiger partial charge in [-0.3, -0.25) is 0 Å². The van der Waals surface area contributed by atoms with E-state index >= 15 is 0 Å². The molecule has 0 spiro atoms. The van der Waals surface area contributed by atoms with Gasteiger partial charge in [0.15, 0.2) is 0 Å². The van der Waals surface area contributed by atoms with Gasteiger partial charge in [-0.2, -0.15) is 0 Å². The van der Waals surface area contributed by atoms with Crippen molar-refractivity contribution in [1.82, 2.24) is 4.31 Å². The molecule has 1 aliphatic rings. The third-order valence-corrected chi connectivity index (χ3v) is 11.0.